The lowest BCUT2D eigenvalue weighted by molar-refractivity contribution is 0.645. The number of rotatable bonds is 5. The Kier molecular flexibility index (Phi) is 7.79. The molecule has 0 fully saturated rings. The largest absolute Gasteiger partial charge is 0.264 e. The van der Waals surface area contributed by atoms with Crippen molar-refractivity contribution < 1.29 is 0 Å². The summed E-state index contributed by atoms with van der Waals surface area (Å²) >= 11 is 0. The third-order valence-corrected chi connectivity index (χ3v) is 13.1. The van der Waals surface area contributed by atoms with Crippen LogP contribution in [0.25, 0.3) is 101 Å². The molecule has 2 aliphatic rings. The Labute approximate surface area is 359 Å². The highest BCUT2D eigenvalue weighted by Gasteiger charge is 2.45. The first-order valence-electron chi connectivity index (χ1n) is 21.0. The van der Waals surface area contributed by atoms with Gasteiger partial charge in [-0.2, -0.15) is 0 Å². The van der Waals surface area contributed by atoms with E-state index < -0.39 is 0 Å². The monoisotopic (exact) mass is 797 g/mol. The van der Waals surface area contributed by atoms with Crippen molar-refractivity contribution in [3.8, 4) is 78.8 Å². The molecule has 0 saturated heterocycles. The van der Waals surface area contributed by atoms with Crippen LogP contribution in [0, 0.1) is 0 Å². The van der Waals surface area contributed by atoms with Crippen LogP contribution in [0.4, 0.5) is 0 Å². The average molecular weight is 798 g/mol. The van der Waals surface area contributed by atoms with Crippen molar-refractivity contribution in [3.63, 3.8) is 0 Å². The molecule has 10 aromatic rings. The first-order chi connectivity index (χ1) is 30.2. The second kappa shape index (κ2) is 13.4. The SMILES string of the molecule is CC1(C)c2cnccc2-c2c1ccc1c2C(C)(C)c2cnc(-c3cc(-c4nc(-c5ccccc5)nc(-c5ccccc5)n4)cc(-c4cc5cccnc5c5ncccc45)c3)cc2-1. The molecule has 0 radical (unpaired) electrons. The van der Waals surface area contributed by atoms with Crippen LogP contribution in [0.5, 0.6) is 0 Å². The molecular weight excluding hydrogens is 759 g/mol. The van der Waals surface area contributed by atoms with Gasteiger partial charge in [0.25, 0.3) is 0 Å². The molecule has 0 spiro atoms. The molecule has 0 amide bonds. The minimum atomic E-state index is -0.271. The average Bonchev–Trinajstić information content (AvgIpc) is 3.70. The van der Waals surface area contributed by atoms with Crippen LogP contribution in [0.1, 0.15) is 49.9 Å². The van der Waals surface area contributed by atoms with Crippen molar-refractivity contribution >= 4 is 21.8 Å². The van der Waals surface area contributed by atoms with Gasteiger partial charge in [0.1, 0.15) is 0 Å². The van der Waals surface area contributed by atoms with Crippen molar-refractivity contribution in [2.75, 3.05) is 0 Å². The molecule has 294 valence electrons. The predicted octanol–water partition coefficient (Wildman–Crippen LogP) is 12.7. The number of benzene rings is 5. The molecule has 12 rings (SSSR count). The Morgan fingerprint density at radius 1 is 0.403 bits per heavy atom. The zero-order valence-electron chi connectivity index (χ0n) is 34.7. The van der Waals surface area contributed by atoms with Crippen LogP contribution in [-0.4, -0.2) is 34.9 Å². The summed E-state index contributed by atoms with van der Waals surface area (Å²) in [5, 5.41) is 2.03. The molecular formula is C55H39N7. The third kappa shape index (κ3) is 5.41. The van der Waals surface area contributed by atoms with Gasteiger partial charge in [-0.15, -0.1) is 0 Å². The quantitative estimate of drug-likeness (QED) is 0.160. The van der Waals surface area contributed by atoms with Gasteiger partial charge in [-0.25, -0.2) is 15.0 Å². The molecule has 5 heterocycles. The fourth-order valence-electron chi connectivity index (χ4n) is 10.0. The summed E-state index contributed by atoms with van der Waals surface area (Å²) in [6.45, 7) is 9.31. The maximum atomic E-state index is 5.29. The minimum absolute atomic E-state index is 0.145. The van der Waals surface area contributed by atoms with Gasteiger partial charge in [0, 0.05) is 74.8 Å². The Bertz CT molecular complexity index is 3410. The third-order valence-electron chi connectivity index (χ3n) is 13.1. The van der Waals surface area contributed by atoms with Gasteiger partial charge in [-0.3, -0.25) is 19.9 Å². The van der Waals surface area contributed by atoms with E-state index in [0.29, 0.717) is 17.5 Å². The molecule has 0 unspecified atom stereocenters. The summed E-state index contributed by atoms with van der Waals surface area (Å²) in [5.74, 6) is 1.79. The van der Waals surface area contributed by atoms with Crippen LogP contribution in [0.3, 0.4) is 0 Å². The lowest BCUT2D eigenvalue weighted by Crippen LogP contribution is -2.18. The van der Waals surface area contributed by atoms with E-state index >= 15 is 0 Å². The minimum Gasteiger partial charge on any atom is -0.264 e. The maximum Gasteiger partial charge on any atom is 0.164 e. The zero-order valence-corrected chi connectivity index (χ0v) is 34.7. The molecule has 0 saturated carbocycles. The molecule has 62 heavy (non-hydrogen) atoms. The standard InChI is InChI=1S/C55H39N7/c1-54(2)43-20-19-38-42-29-46(59-31-45(42)55(3,4)48(38)47(43)40-21-24-56-30-44(40)54)36-25-35(41-28-34-17-11-22-57-49(34)50-39(41)18-12-23-58-50)26-37(27-36)53-61-51(32-13-7-5-8-14-32)60-52(62-53)33-15-9-6-10-16-33/h5-31H,1-4H3. The summed E-state index contributed by atoms with van der Waals surface area (Å²) < 4.78 is 0. The number of hydrogen-bond donors (Lipinski definition) is 0. The maximum absolute atomic E-state index is 5.29. The highest BCUT2D eigenvalue weighted by atomic mass is 15.0. The molecule has 5 aromatic carbocycles. The molecule has 0 bridgehead atoms. The lowest BCUT2D eigenvalue weighted by atomic mass is 9.77. The predicted molar refractivity (Wildman–Crippen MR) is 248 cm³/mol. The zero-order chi connectivity index (χ0) is 41.7. The van der Waals surface area contributed by atoms with Gasteiger partial charge in [0.2, 0.25) is 0 Å². The molecule has 5 aromatic heterocycles. The second-order valence-electron chi connectivity index (χ2n) is 17.4. The number of hydrogen-bond acceptors (Lipinski definition) is 7. The fraction of sp³-hybridized carbons (Fsp3) is 0.109. The van der Waals surface area contributed by atoms with Crippen molar-refractivity contribution in [1.82, 2.24) is 34.9 Å². The van der Waals surface area contributed by atoms with E-state index in [1.54, 1.807) is 0 Å². The van der Waals surface area contributed by atoms with E-state index in [0.717, 1.165) is 60.9 Å². The Morgan fingerprint density at radius 3 is 1.79 bits per heavy atom. The Morgan fingerprint density at radius 2 is 1.05 bits per heavy atom. The molecule has 7 heteroatoms. The number of pyridine rings is 4. The summed E-state index contributed by atoms with van der Waals surface area (Å²) in [6, 6.07) is 46.4. The van der Waals surface area contributed by atoms with E-state index in [1.807, 2.05) is 97.6 Å². The van der Waals surface area contributed by atoms with Crippen molar-refractivity contribution in [3.05, 3.63) is 187 Å². The van der Waals surface area contributed by atoms with Crippen LogP contribution in [0.2, 0.25) is 0 Å². The van der Waals surface area contributed by atoms with Crippen LogP contribution in [-0.2, 0) is 10.8 Å². The van der Waals surface area contributed by atoms with Gasteiger partial charge in [-0.05, 0) is 104 Å². The van der Waals surface area contributed by atoms with Gasteiger partial charge in [0.05, 0.1) is 16.7 Å². The highest BCUT2D eigenvalue weighted by Crippen LogP contribution is 2.59. The van der Waals surface area contributed by atoms with Crippen molar-refractivity contribution in [2.24, 2.45) is 0 Å². The first kappa shape index (κ1) is 36.1. The van der Waals surface area contributed by atoms with Gasteiger partial charge >= 0.3 is 0 Å². The summed E-state index contributed by atoms with van der Waals surface area (Å²) in [7, 11) is 0. The van der Waals surface area contributed by atoms with E-state index in [2.05, 4.69) is 99.5 Å². The van der Waals surface area contributed by atoms with Gasteiger partial charge in [0.15, 0.2) is 17.5 Å². The van der Waals surface area contributed by atoms with E-state index in [9.17, 15) is 0 Å². The smallest absolute Gasteiger partial charge is 0.164 e. The van der Waals surface area contributed by atoms with Crippen LogP contribution >= 0.6 is 0 Å². The first-order valence-corrected chi connectivity index (χ1v) is 21.0. The Balaban J connectivity index is 1.10. The van der Waals surface area contributed by atoms with E-state index in [-0.39, 0.29) is 10.8 Å². The molecule has 0 atom stereocenters. The van der Waals surface area contributed by atoms with E-state index in [4.69, 9.17) is 29.9 Å². The summed E-state index contributed by atoms with van der Waals surface area (Å²) in [4.78, 5) is 34.8. The summed E-state index contributed by atoms with van der Waals surface area (Å²) in [6.07, 6.45) is 9.73. The topological polar surface area (TPSA) is 90.2 Å². The van der Waals surface area contributed by atoms with Crippen LogP contribution in [0.15, 0.2) is 164 Å². The van der Waals surface area contributed by atoms with Crippen molar-refractivity contribution in [2.45, 2.75) is 38.5 Å². The fourth-order valence-corrected chi connectivity index (χ4v) is 10.0. The summed E-state index contributed by atoms with van der Waals surface area (Å²) in [5.41, 5.74) is 18.1. The van der Waals surface area contributed by atoms with Gasteiger partial charge < -0.3 is 0 Å². The number of aromatic nitrogens is 7. The molecule has 2 aliphatic carbocycles. The normalized spacial score (nSPS) is 14.1. The van der Waals surface area contributed by atoms with Gasteiger partial charge in [-0.1, -0.05) is 113 Å². The van der Waals surface area contributed by atoms with Crippen LogP contribution < -0.4 is 0 Å². The van der Waals surface area contributed by atoms with Crippen molar-refractivity contribution in [1.29, 1.82) is 0 Å². The second-order valence-corrected chi connectivity index (χ2v) is 17.4. The number of fused-ring (bicyclic) bond motifs is 10. The molecule has 7 nitrogen and oxygen atoms in total. The lowest BCUT2D eigenvalue weighted by Gasteiger charge is -2.26. The van der Waals surface area contributed by atoms with E-state index in [1.165, 1.54) is 44.5 Å². The highest BCUT2D eigenvalue weighted by molar-refractivity contribution is 6.10. The number of nitrogens with zero attached hydrogens (tertiary/aromatic N) is 7. The molecule has 0 aliphatic heterocycles. The molecule has 0 N–H and O–H groups in total. The Hall–Kier alpha value is -7.77.